The molecule has 170 valence electrons. The second-order valence-electron chi connectivity index (χ2n) is 7.70. The zero-order valence-electron chi connectivity index (χ0n) is 18.7. The van der Waals surface area contributed by atoms with Crippen LogP contribution in [0.5, 0.6) is 11.5 Å². The van der Waals surface area contributed by atoms with Gasteiger partial charge in [0.15, 0.2) is 6.61 Å². The van der Waals surface area contributed by atoms with Crippen molar-refractivity contribution >= 4 is 34.0 Å². The van der Waals surface area contributed by atoms with Crippen molar-refractivity contribution in [3.63, 3.8) is 0 Å². The number of nitrogens with zero attached hydrogens (tertiary/aromatic N) is 1. The summed E-state index contributed by atoms with van der Waals surface area (Å²) in [5.74, 6) is 0.467. The van der Waals surface area contributed by atoms with E-state index >= 15 is 0 Å². The summed E-state index contributed by atoms with van der Waals surface area (Å²) >= 11 is 3.39. The van der Waals surface area contributed by atoms with E-state index in [0.29, 0.717) is 28.5 Å². The zero-order valence-corrected chi connectivity index (χ0v) is 20.3. The first-order valence-electron chi connectivity index (χ1n) is 10.5. The van der Waals surface area contributed by atoms with Gasteiger partial charge in [-0.05, 0) is 60.4 Å². The number of ether oxygens (including phenoxy) is 2. The van der Waals surface area contributed by atoms with Gasteiger partial charge < -0.3 is 9.47 Å². The van der Waals surface area contributed by atoms with Crippen LogP contribution in [0, 0.1) is 6.92 Å². The molecule has 0 radical (unpaired) electrons. The van der Waals surface area contributed by atoms with E-state index in [1.807, 2.05) is 25.1 Å². The third-order valence-electron chi connectivity index (χ3n) is 4.81. The molecule has 0 saturated carbocycles. The summed E-state index contributed by atoms with van der Waals surface area (Å²) in [4.78, 5) is 24.6. The minimum Gasteiger partial charge on any atom is -0.483 e. The molecular weight excluding hydrogens is 484 g/mol. The fourth-order valence-electron chi connectivity index (χ4n) is 2.93. The molecule has 0 unspecified atom stereocenters. The molecule has 3 aromatic carbocycles. The largest absolute Gasteiger partial charge is 0.483 e. The van der Waals surface area contributed by atoms with E-state index in [-0.39, 0.29) is 6.61 Å². The van der Waals surface area contributed by atoms with Crippen LogP contribution in [-0.2, 0) is 4.79 Å². The van der Waals surface area contributed by atoms with E-state index in [1.165, 1.54) is 6.21 Å². The van der Waals surface area contributed by atoms with Gasteiger partial charge in [0.2, 0.25) is 0 Å². The molecule has 0 atom stereocenters. The number of hydrogen-bond donors (Lipinski definition) is 1. The maximum Gasteiger partial charge on any atom is 0.343 e. The molecule has 0 aliphatic carbocycles. The summed E-state index contributed by atoms with van der Waals surface area (Å²) in [7, 11) is 0. The van der Waals surface area contributed by atoms with Crippen LogP contribution >= 0.6 is 15.9 Å². The Morgan fingerprint density at radius 1 is 1.03 bits per heavy atom. The van der Waals surface area contributed by atoms with Crippen molar-refractivity contribution in [3.05, 3.63) is 93.5 Å². The van der Waals surface area contributed by atoms with Gasteiger partial charge in [-0.25, -0.2) is 10.2 Å². The molecule has 0 heterocycles. The average molecular weight is 509 g/mol. The molecule has 0 aliphatic heterocycles. The van der Waals surface area contributed by atoms with E-state index in [9.17, 15) is 9.59 Å². The number of hydrogen-bond acceptors (Lipinski definition) is 5. The van der Waals surface area contributed by atoms with E-state index in [2.05, 4.69) is 46.4 Å². The molecule has 6 nitrogen and oxygen atoms in total. The van der Waals surface area contributed by atoms with E-state index in [4.69, 9.17) is 9.47 Å². The minimum absolute atomic E-state index is 0.173. The number of rotatable bonds is 8. The molecule has 3 rings (SSSR count). The summed E-state index contributed by atoms with van der Waals surface area (Å²) in [6, 6.07) is 19.8. The topological polar surface area (TPSA) is 77.0 Å². The van der Waals surface area contributed by atoms with Crippen LogP contribution in [0.4, 0.5) is 0 Å². The van der Waals surface area contributed by atoms with Crippen molar-refractivity contribution in [1.82, 2.24) is 5.43 Å². The number of nitrogens with one attached hydrogen (secondary N) is 1. The number of halogens is 1. The van der Waals surface area contributed by atoms with Crippen LogP contribution in [-0.4, -0.2) is 24.7 Å². The van der Waals surface area contributed by atoms with Gasteiger partial charge in [-0.15, -0.1) is 0 Å². The predicted octanol–water partition coefficient (Wildman–Crippen LogP) is 5.63. The van der Waals surface area contributed by atoms with Crippen molar-refractivity contribution in [1.29, 1.82) is 0 Å². The third-order valence-corrected chi connectivity index (χ3v) is 5.31. The Labute approximate surface area is 201 Å². The molecule has 1 N–H and O–H groups in total. The number of carbonyl (C=O) groups excluding carboxylic acids is 2. The van der Waals surface area contributed by atoms with Gasteiger partial charge in [-0.1, -0.05) is 60.1 Å². The molecule has 0 fully saturated rings. The molecule has 0 aromatic heterocycles. The summed E-state index contributed by atoms with van der Waals surface area (Å²) < 4.78 is 12.0. The highest BCUT2D eigenvalue weighted by Crippen LogP contribution is 2.24. The number of benzene rings is 3. The Morgan fingerprint density at radius 3 is 2.52 bits per heavy atom. The van der Waals surface area contributed by atoms with E-state index in [1.54, 1.807) is 42.5 Å². The normalized spacial score (nSPS) is 10.9. The molecule has 0 bridgehead atoms. The Bertz CT molecular complexity index is 1160. The summed E-state index contributed by atoms with van der Waals surface area (Å²) in [5, 5.41) is 3.99. The fraction of sp³-hybridized carbons (Fsp3) is 0.192. The van der Waals surface area contributed by atoms with Crippen LogP contribution in [0.2, 0.25) is 0 Å². The quantitative estimate of drug-likeness (QED) is 0.185. The van der Waals surface area contributed by atoms with E-state index < -0.39 is 11.9 Å². The number of amides is 1. The Kier molecular flexibility index (Phi) is 8.38. The number of hydrazone groups is 1. The highest BCUT2D eigenvalue weighted by Gasteiger charge is 2.12. The van der Waals surface area contributed by atoms with Crippen molar-refractivity contribution in [2.24, 2.45) is 5.10 Å². The standard InChI is InChI=1S/C26H25BrN2O4/c1-17(2)20-10-9-18(3)24(14-20)32-16-25(30)29-28-15-21-13-22(27)11-12-23(21)33-26(31)19-7-5-4-6-8-19/h4-15,17H,16H2,1-3H3,(H,29,30)/b28-15+. The molecule has 7 heteroatoms. The first-order valence-corrected chi connectivity index (χ1v) is 11.2. The van der Waals surface area contributed by atoms with Crippen LogP contribution in [0.25, 0.3) is 0 Å². The van der Waals surface area contributed by atoms with Gasteiger partial charge >= 0.3 is 5.97 Å². The van der Waals surface area contributed by atoms with Crippen LogP contribution < -0.4 is 14.9 Å². The van der Waals surface area contributed by atoms with Crippen molar-refractivity contribution in [2.75, 3.05) is 6.61 Å². The number of aryl methyl sites for hydroxylation is 1. The van der Waals surface area contributed by atoms with Crippen molar-refractivity contribution in [2.45, 2.75) is 26.7 Å². The van der Waals surface area contributed by atoms with Crippen molar-refractivity contribution in [3.8, 4) is 11.5 Å². The molecule has 3 aromatic rings. The molecule has 0 aliphatic rings. The lowest BCUT2D eigenvalue weighted by molar-refractivity contribution is -0.123. The molecule has 0 spiro atoms. The zero-order chi connectivity index (χ0) is 23.8. The third kappa shape index (κ3) is 7.02. The first kappa shape index (κ1) is 24.2. The Balaban J connectivity index is 1.62. The highest BCUT2D eigenvalue weighted by molar-refractivity contribution is 9.10. The van der Waals surface area contributed by atoms with Crippen LogP contribution in [0.15, 0.2) is 76.3 Å². The summed E-state index contributed by atoms with van der Waals surface area (Å²) in [5.41, 5.74) is 5.49. The van der Waals surface area contributed by atoms with Crippen molar-refractivity contribution < 1.29 is 19.1 Å². The van der Waals surface area contributed by atoms with E-state index in [0.717, 1.165) is 15.6 Å². The highest BCUT2D eigenvalue weighted by atomic mass is 79.9. The van der Waals surface area contributed by atoms with Gasteiger partial charge in [0.25, 0.3) is 5.91 Å². The lowest BCUT2D eigenvalue weighted by Gasteiger charge is -2.12. The smallest absolute Gasteiger partial charge is 0.343 e. The molecule has 1 amide bonds. The number of carbonyl (C=O) groups is 2. The SMILES string of the molecule is Cc1ccc(C(C)C)cc1OCC(=O)N/N=C/c1cc(Br)ccc1OC(=O)c1ccccc1. The second-order valence-corrected chi connectivity index (χ2v) is 8.61. The van der Waals surface area contributed by atoms with Gasteiger partial charge in [-0.3, -0.25) is 4.79 Å². The molecule has 0 saturated heterocycles. The molecule has 33 heavy (non-hydrogen) atoms. The summed E-state index contributed by atoms with van der Waals surface area (Å²) in [6.45, 7) is 5.96. The Morgan fingerprint density at radius 2 is 1.79 bits per heavy atom. The van der Waals surface area contributed by atoms with Gasteiger partial charge in [0.05, 0.1) is 11.8 Å². The lowest BCUT2D eigenvalue weighted by atomic mass is 10.0. The fourth-order valence-corrected chi connectivity index (χ4v) is 3.31. The molecular formula is C26H25BrN2O4. The maximum atomic E-state index is 12.4. The summed E-state index contributed by atoms with van der Waals surface area (Å²) in [6.07, 6.45) is 1.42. The minimum atomic E-state index is -0.482. The van der Waals surface area contributed by atoms with Gasteiger partial charge in [-0.2, -0.15) is 5.10 Å². The van der Waals surface area contributed by atoms with Crippen LogP contribution in [0.1, 0.15) is 46.8 Å². The lowest BCUT2D eigenvalue weighted by Crippen LogP contribution is -2.24. The Hall–Kier alpha value is -3.45. The van der Waals surface area contributed by atoms with Gasteiger partial charge in [0, 0.05) is 10.0 Å². The maximum absolute atomic E-state index is 12.4. The number of esters is 1. The first-order chi connectivity index (χ1) is 15.8. The second kappa shape index (κ2) is 11.4. The average Bonchev–Trinajstić information content (AvgIpc) is 2.80. The van der Waals surface area contributed by atoms with Gasteiger partial charge in [0.1, 0.15) is 11.5 Å². The monoisotopic (exact) mass is 508 g/mol. The van der Waals surface area contributed by atoms with Crippen LogP contribution in [0.3, 0.4) is 0 Å². The predicted molar refractivity (Wildman–Crippen MR) is 132 cm³/mol.